The van der Waals surface area contributed by atoms with Crippen molar-refractivity contribution in [3.05, 3.63) is 0 Å². The topological polar surface area (TPSA) is 20.2 Å². The fourth-order valence-corrected chi connectivity index (χ4v) is 1.66. The van der Waals surface area contributed by atoms with Gasteiger partial charge in [-0.05, 0) is 36.5 Å². The normalized spacial score (nSPS) is 16.7. The quantitative estimate of drug-likeness (QED) is 0.687. The van der Waals surface area contributed by atoms with Gasteiger partial charge in [-0.2, -0.15) is 0 Å². The molecule has 0 fully saturated rings. The predicted molar refractivity (Wildman–Crippen MR) is 63.4 cm³/mol. The Bertz CT molecular complexity index is 146. The molecular weight excluding hydrogens is 172 g/mol. The minimum absolute atomic E-state index is 0.338. The predicted octanol–water partition coefficient (Wildman–Crippen LogP) is 4.00. The standard InChI is InChI=1S/C13H28O/c1-6-13(5,8-7-11-14)10-9-12(2,3)4/h14H,6-11H2,1-5H3. The van der Waals surface area contributed by atoms with E-state index in [0.29, 0.717) is 17.4 Å². The third-order valence-electron chi connectivity index (χ3n) is 3.27. The van der Waals surface area contributed by atoms with Crippen LogP contribution in [0.3, 0.4) is 0 Å². The molecule has 0 aliphatic rings. The number of hydrogen-bond donors (Lipinski definition) is 1. The number of aliphatic hydroxyl groups is 1. The molecule has 14 heavy (non-hydrogen) atoms. The molecule has 1 unspecified atom stereocenters. The minimum Gasteiger partial charge on any atom is -0.396 e. The van der Waals surface area contributed by atoms with Crippen LogP contribution in [0.1, 0.15) is 66.7 Å². The number of aliphatic hydroxyl groups excluding tert-OH is 1. The second-order valence-electron chi connectivity index (χ2n) is 6.05. The molecule has 0 amide bonds. The van der Waals surface area contributed by atoms with Gasteiger partial charge in [-0.15, -0.1) is 0 Å². The van der Waals surface area contributed by atoms with E-state index in [1.807, 2.05) is 0 Å². The lowest BCUT2D eigenvalue weighted by Gasteiger charge is -2.31. The Kier molecular flexibility index (Phi) is 5.73. The average molecular weight is 200 g/mol. The lowest BCUT2D eigenvalue weighted by molar-refractivity contribution is 0.184. The SMILES string of the molecule is CCC(C)(CCCO)CCC(C)(C)C. The molecule has 0 aliphatic carbocycles. The van der Waals surface area contributed by atoms with Crippen LogP contribution in [0.2, 0.25) is 0 Å². The molecule has 0 rings (SSSR count). The first-order valence-corrected chi connectivity index (χ1v) is 5.94. The van der Waals surface area contributed by atoms with Crippen LogP contribution < -0.4 is 0 Å². The van der Waals surface area contributed by atoms with Gasteiger partial charge in [0.05, 0.1) is 0 Å². The number of hydrogen-bond acceptors (Lipinski definition) is 1. The molecule has 0 saturated heterocycles. The highest BCUT2D eigenvalue weighted by Crippen LogP contribution is 2.36. The summed E-state index contributed by atoms with van der Waals surface area (Å²) in [6.07, 6.45) is 5.91. The fourth-order valence-electron chi connectivity index (χ4n) is 1.66. The van der Waals surface area contributed by atoms with Gasteiger partial charge in [0.25, 0.3) is 0 Å². The van der Waals surface area contributed by atoms with E-state index >= 15 is 0 Å². The zero-order valence-electron chi connectivity index (χ0n) is 10.7. The molecule has 0 bridgehead atoms. The summed E-state index contributed by atoms with van der Waals surface area (Å²) in [5, 5.41) is 8.85. The first-order chi connectivity index (χ1) is 6.33. The first-order valence-electron chi connectivity index (χ1n) is 5.94. The van der Waals surface area contributed by atoms with E-state index in [4.69, 9.17) is 5.11 Å². The van der Waals surface area contributed by atoms with Crippen LogP contribution in [0.25, 0.3) is 0 Å². The Morgan fingerprint density at radius 3 is 1.86 bits per heavy atom. The molecular formula is C13H28O. The first kappa shape index (κ1) is 14.0. The van der Waals surface area contributed by atoms with Gasteiger partial charge in [-0.25, -0.2) is 0 Å². The lowest BCUT2D eigenvalue weighted by atomic mass is 9.74. The molecule has 1 N–H and O–H groups in total. The molecule has 0 saturated carbocycles. The molecule has 0 spiro atoms. The molecule has 86 valence electrons. The van der Waals surface area contributed by atoms with Crippen LogP contribution in [0.15, 0.2) is 0 Å². The van der Waals surface area contributed by atoms with Gasteiger partial charge in [0.15, 0.2) is 0 Å². The summed E-state index contributed by atoms with van der Waals surface area (Å²) >= 11 is 0. The fraction of sp³-hybridized carbons (Fsp3) is 1.00. The van der Waals surface area contributed by atoms with Crippen molar-refractivity contribution in [1.82, 2.24) is 0 Å². The zero-order chi connectivity index (χ0) is 11.2. The second-order valence-corrected chi connectivity index (χ2v) is 6.05. The van der Waals surface area contributed by atoms with E-state index < -0.39 is 0 Å². The van der Waals surface area contributed by atoms with Crippen molar-refractivity contribution >= 4 is 0 Å². The Morgan fingerprint density at radius 2 is 1.50 bits per heavy atom. The molecule has 0 aromatic carbocycles. The summed E-state index contributed by atoms with van der Waals surface area (Å²) in [7, 11) is 0. The summed E-state index contributed by atoms with van der Waals surface area (Å²) < 4.78 is 0. The van der Waals surface area contributed by atoms with E-state index in [9.17, 15) is 0 Å². The van der Waals surface area contributed by atoms with Crippen LogP contribution in [0.4, 0.5) is 0 Å². The van der Waals surface area contributed by atoms with E-state index in [-0.39, 0.29) is 0 Å². The second kappa shape index (κ2) is 5.75. The Hall–Kier alpha value is -0.0400. The van der Waals surface area contributed by atoms with Gasteiger partial charge in [0.2, 0.25) is 0 Å². The third kappa shape index (κ3) is 6.42. The zero-order valence-corrected chi connectivity index (χ0v) is 10.7. The summed E-state index contributed by atoms with van der Waals surface area (Å²) in [6.45, 7) is 11.9. The monoisotopic (exact) mass is 200 g/mol. The van der Waals surface area contributed by atoms with E-state index in [2.05, 4.69) is 34.6 Å². The maximum Gasteiger partial charge on any atom is 0.0431 e. The van der Waals surface area contributed by atoms with Crippen LogP contribution in [-0.2, 0) is 0 Å². The van der Waals surface area contributed by atoms with Gasteiger partial charge in [0.1, 0.15) is 0 Å². The Morgan fingerprint density at radius 1 is 0.929 bits per heavy atom. The summed E-state index contributed by atoms with van der Waals surface area (Å²) in [5.41, 5.74) is 0.881. The average Bonchev–Trinajstić information content (AvgIpc) is 2.10. The van der Waals surface area contributed by atoms with Gasteiger partial charge in [0, 0.05) is 6.61 Å². The van der Waals surface area contributed by atoms with Crippen molar-refractivity contribution in [1.29, 1.82) is 0 Å². The van der Waals surface area contributed by atoms with Gasteiger partial charge >= 0.3 is 0 Å². The largest absolute Gasteiger partial charge is 0.396 e. The van der Waals surface area contributed by atoms with Crippen molar-refractivity contribution in [2.24, 2.45) is 10.8 Å². The highest BCUT2D eigenvalue weighted by molar-refractivity contribution is 4.75. The minimum atomic E-state index is 0.338. The van der Waals surface area contributed by atoms with E-state index in [1.165, 1.54) is 19.3 Å². The van der Waals surface area contributed by atoms with Crippen molar-refractivity contribution in [3.8, 4) is 0 Å². The van der Waals surface area contributed by atoms with Crippen LogP contribution in [0, 0.1) is 10.8 Å². The molecule has 1 atom stereocenters. The van der Waals surface area contributed by atoms with Crippen LogP contribution in [0.5, 0.6) is 0 Å². The highest BCUT2D eigenvalue weighted by atomic mass is 16.2. The van der Waals surface area contributed by atoms with Crippen molar-refractivity contribution < 1.29 is 5.11 Å². The Balaban J connectivity index is 3.98. The molecule has 0 aromatic rings. The maximum atomic E-state index is 8.85. The van der Waals surface area contributed by atoms with Gasteiger partial charge in [-0.1, -0.05) is 41.0 Å². The number of rotatable bonds is 6. The van der Waals surface area contributed by atoms with Crippen LogP contribution in [-0.4, -0.2) is 11.7 Å². The van der Waals surface area contributed by atoms with E-state index in [0.717, 1.165) is 12.8 Å². The Labute approximate surface area is 89.9 Å². The smallest absolute Gasteiger partial charge is 0.0431 e. The van der Waals surface area contributed by atoms with Crippen LogP contribution >= 0.6 is 0 Å². The molecule has 1 heteroatoms. The molecule has 0 aromatic heterocycles. The van der Waals surface area contributed by atoms with Crippen molar-refractivity contribution in [2.75, 3.05) is 6.61 Å². The van der Waals surface area contributed by atoms with E-state index in [1.54, 1.807) is 0 Å². The summed E-state index contributed by atoms with van der Waals surface area (Å²) in [4.78, 5) is 0. The summed E-state index contributed by atoms with van der Waals surface area (Å²) in [6, 6.07) is 0. The molecule has 0 radical (unpaired) electrons. The molecule has 0 heterocycles. The van der Waals surface area contributed by atoms with Gasteiger partial charge in [-0.3, -0.25) is 0 Å². The molecule has 1 nitrogen and oxygen atoms in total. The van der Waals surface area contributed by atoms with Crippen molar-refractivity contribution in [2.45, 2.75) is 66.7 Å². The maximum absolute atomic E-state index is 8.85. The molecule has 0 aliphatic heterocycles. The highest BCUT2D eigenvalue weighted by Gasteiger charge is 2.23. The lowest BCUT2D eigenvalue weighted by Crippen LogP contribution is -2.19. The summed E-state index contributed by atoms with van der Waals surface area (Å²) in [5.74, 6) is 0. The van der Waals surface area contributed by atoms with Gasteiger partial charge < -0.3 is 5.11 Å². The third-order valence-corrected chi connectivity index (χ3v) is 3.27. The van der Waals surface area contributed by atoms with Crippen molar-refractivity contribution in [3.63, 3.8) is 0 Å².